The van der Waals surface area contributed by atoms with Gasteiger partial charge in [-0.15, -0.1) is 10.2 Å². The second kappa shape index (κ2) is 6.85. The molecular weight excluding hydrogens is 407 g/mol. The second-order valence-corrected chi connectivity index (χ2v) is 8.16. The van der Waals surface area contributed by atoms with Gasteiger partial charge in [0.05, 0.1) is 17.0 Å². The van der Waals surface area contributed by atoms with Crippen LogP contribution in [-0.2, 0) is 29.3 Å². The van der Waals surface area contributed by atoms with E-state index in [1.807, 2.05) is 34.9 Å². The average Bonchev–Trinajstić information content (AvgIpc) is 3.10. The van der Waals surface area contributed by atoms with Crippen LogP contribution in [0, 0.1) is 0 Å². The highest BCUT2D eigenvalue weighted by molar-refractivity contribution is 7.89. The predicted molar refractivity (Wildman–Crippen MR) is 99.3 cm³/mol. The van der Waals surface area contributed by atoms with Gasteiger partial charge in [-0.2, -0.15) is 13.2 Å². The van der Waals surface area contributed by atoms with E-state index in [0.29, 0.717) is 24.3 Å². The van der Waals surface area contributed by atoms with Crippen LogP contribution in [0.15, 0.2) is 53.4 Å². The topological polar surface area (TPSA) is 94.1 Å². The van der Waals surface area contributed by atoms with Crippen molar-refractivity contribution < 1.29 is 21.6 Å². The summed E-state index contributed by atoms with van der Waals surface area (Å²) in [4.78, 5) is 0.925. The SMILES string of the molecule is NS(=O)(=O)c1ccc(N2CCn3c(nnc3-c3ccccc3)C2)c(C(F)(F)F)c1. The van der Waals surface area contributed by atoms with E-state index in [9.17, 15) is 21.6 Å². The third-order valence-electron chi connectivity index (χ3n) is 4.73. The molecule has 2 N–H and O–H groups in total. The van der Waals surface area contributed by atoms with Crippen LogP contribution >= 0.6 is 0 Å². The van der Waals surface area contributed by atoms with Crippen LogP contribution < -0.4 is 10.0 Å². The molecule has 0 spiro atoms. The van der Waals surface area contributed by atoms with Gasteiger partial charge in [0.2, 0.25) is 10.0 Å². The zero-order valence-electron chi connectivity index (χ0n) is 15.0. The molecule has 0 fully saturated rings. The minimum Gasteiger partial charge on any atom is -0.362 e. The van der Waals surface area contributed by atoms with Crippen molar-refractivity contribution in [3.8, 4) is 11.4 Å². The van der Waals surface area contributed by atoms with Crippen molar-refractivity contribution in [2.75, 3.05) is 11.4 Å². The number of halogens is 3. The zero-order valence-corrected chi connectivity index (χ0v) is 15.8. The fourth-order valence-electron chi connectivity index (χ4n) is 3.36. The maximum Gasteiger partial charge on any atom is 0.418 e. The summed E-state index contributed by atoms with van der Waals surface area (Å²) in [5.41, 5.74) is -0.311. The summed E-state index contributed by atoms with van der Waals surface area (Å²) in [6.45, 7) is 0.779. The van der Waals surface area contributed by atoms with Crippen LogP contribution in [0.3, 0.4) is 0 Å². The van der Waals surface area contributed by atoms with Gasteiger partial charge in [0.15, 0.2) is 11.6 Å². The molecule has 0 unspecified atom stereocenters. The third kappa shape index (κ3) is 3.70. The van der Waals surface area contributed by atoms with Crippen molar-refractivity contribution in [2.45, 2.75) is 24.2 Å². The van der Waals surface area contributed by atoms with Crippen molar-refractivity contribution in [3.63, 3.8) is 0 Å². The van der Waals surface area contributed by atoms with Gasteiger partial charge in [-0.25, -0.2) is 13.6 Å². The smallest absolute Gasteiger partial charge is 0.362 e. The molecule has 0 atom stereocenters. The number of fused-ring (bicyclic) bond motifs is 1. The fraction of sp³-hybridized carbons (Fsp3) is 0.222. The maximum absolute atomic E-state index is 13.6. The highest BCUT2D eigenvalue weighted by Gasteiger charge is 2.37. The summed E-state index contributed by atoms with van der Waals surface area (Å²) in [5.74, 6) is 1.18. The number of sulfonamides is 1. The molecule has 29 heavy (non-hydrogen) atoms. The normalized spacial score (nSPS) is 14.7. The molecule has 7 nitrogen and oxygen atoms in total. The highest BCUT2D eigenvalue weighted by atomic mass is 32.2. The Morgan fingerprint density at radius 3 is 2.38 bits per heavy atom. The lowest BCUT2D eigenvalue weighted by Gasteiger charge is -2.31. The molecule has 0 bridgehead atoms. The molecule has 0 aliphatic carbocycles. The first-order valence-electron chi connectivity index (χ1n) is 8.61. The molecule has 1 aliphatic rings. The van der Waals surface area contributed by atoms with Gasteiger partial charge in [-0.3, -0.25) is 0 Å². The van der Waals surface area contributed by atoms with Crippen molar-refractivity contribution in [1.29, 1.82) is 0 Å². The number of alkyl halides is 3. The molecule has 1 aromatic heterocycles. The molecule has 0 radical (unpaired) electrons. The van der Waals surface area contributed by atoms with Gasteiger partial charge in [0, 0.05) is 24.3 Å². The van der Waals surface area contributed by atoms with E-state index in [1.165, 1.54) is 4.90 Å². The monoisotopic (exact) mass is 423 g/mol. The zero-order chi connectivity index (χ0) is 20.8. The molecule has 0 amide bonds. The maximum atomic E-state index is 13.6. The Hall–Kier alpha value is -2.92. The largest absolute Gasteiger partial charge is 0.418 e. The van der Waals surface area contributed by atoms with E-state index in [-0.39, 0.29) is 18.8 Å². The minimum absolute atomic E-state index is 0.109. The highest BCUT2D eigenvalue weighted by Crippen LogP contribution is 2.39. The average molecular weight is 423 g/mol. The van der Waals surface area contributed by atoms with Crippen LogP contribution in [0.2, 0.25) is 0 Å². The summed E-state index contributed by atoms with van der Waals surface area (Å²) in [7, 11) is -4.25. The van der Waals surface area contributed by atoms with Crippen LogP contribution in [0.4, 0.5) is 18.9 Å². The number of nitrogens with zero attached hydrogens (tertiary/aromatic N) is 4. The van der Waals surface area contributed by atoms with Crippen molar-refractivity contribution in [1.82, 2.24) is 14.8 Å². The molecule has 3 aromatic rings. The Bertz CT molecular complexity index is 1160. The Labute approximate surface area is 164 Å². The number of hydrogen-bond donors (Lipinski definition) is 1. The summed E-state index contributed by atoms with van der Waals surface area (Å²) in [5, 5.41) is 13.3. The number of nitrogens with two attached hydrogens (primary N) is 1. The molecule has 1 aliphatic heterocycles. The summed E-state index contributed by atoms with van der Waals surface area (Å²) in [6.07, 6.45) is -4.74. The molecule has 2 aromatic carbocycles. The number of rotatable bonds is 3. The van der Waals surface area contributed by atoms with Crippen molar-refractivity contribution >= 4 is 15.7 Å². The first-order valence-corrected chi connectivity index (χ1v) is 10.2. The molecule has 0 saturated carbocycles. The lowest BCUT2D eigenvalue weighted by Crippen LogP contribution is -2.35. The van der Waals surface area contributed by atoms with Crippen LogP contribution in [0.1, 0.15) is 11.4 Å². The quantitative estimate of drug-likeness (QED) is 0.699. The standard InChI is InChI=1S/C18H16F3N5O2S/c19-18(20,21)14-10-13(29(22,27)28)6-7-15(14)25-8-9-26-16(11-25)23-24-17(26)12-4-2-1-3-5-12/h1-7,10H,8-9,11H2,(H2,22,27,28). The van der Waals surface area contributed by atoms with Crippen LogP contribution in [-0.4, -0.2) is 29.7 Å². The van der Waals surface area contributed by atoms with Gasteiger partial charge in [0.25, 0.3) is 0 Å². The number of aromatic nitrogens is 3. The van der Waals surface area contributed by atoms with Gasteiger partial charge in [-0.1, -0.05) is 30.3 Å². The lowest BCUT2D eigenvalue weighted by atomic mass is 10.1. The molecule has 0 saturated heterocycles. The molecule has 152 valence electrons. The third-order valence-corrected chi connectivity index (χ3v) is 5.64. The number of benzene rings is 2. The number of primary sulfonamides is 1. The van der Waals surface area contributed by atoms with Crippen molar-refractivity contribution in [3.05, 3.63) is 59.9 Å². The van der Waals surface area contributed by atoms with Crippen LogP contribution in [0.5, 0.6) is 0 Å². The van der Waals surface area contributed by atoms with Gasteiger partial charge >= 0.3 is 6.18 Å². The minimum atomic E-state index is -4.74. The van der Waals surface area contributed by atoms with Gasteiger partial charge < -0.3 is 9.47 Å². The molecule has 2 heterocycles. The summed E-state index contributed by atoms with van der Waals surface area (Å²) in [6, 6.07) is 12.2. The second-order valence-electron chi connectivity index (χ2n) is 6.60. The van der Waals surface area contributed by atoms with Crippen LogP contribution in [0.25, 0.3) is 11.4 Å². The first kappa shape index (κ1) is 19.4. The number of anilines is 1. The number of hydrogen-bond acceptors (Lipinski definition) is 5. The van der Waals surface area contributed by atoms with E-state index in [4.69, 9.17) is 5.14 Å². The van der Waals surface area contributed by atoms with E-state index in [0.717, 1.165) is 17.7 Å². The van der Waals surface area contributed by atoms with E-state index in [1.54, 1.807) is 0 Å². The van der Waals surface area contributed by atoms with Crippen molar-refractivity contribution in [2.24, 2.45) is 5.14 Å². The summed E-state index contributed by atoms with van der Waals surface area (Å²) >= 11 is 0. The molecular formula is C18H16F3N5O2S. The van der Waals surface area contributed by atoms with Gasteiger partial charge in [-0.05, 0) is 18.2 Å². The predicted octanol–water partition coefficient (Wildman–Crippen LogP) is 2.63. The van der Waals surface area contributed by atoms with E-state index < -0.39 is 26.7 Å². The first-order chi connectivity index (χ1) is 13.6. The fourth-order valence-corrected chi connectivity index (χ4v) is 3.90. The molecule has 4 rings (SSSR count). The summed E-state index contributed by atoms with van der Waals surface area (Å²) < 4.78 is 65.6. The molecule has 11 heteroatoms. The van der Waals surface area contributed by atoms with Gasteiger partial charge in [0.1, 0.15) is 0 Å². The lowest BCUT2D eigenvalue weighted by molar-refractivity contribution is -0.137. The Morgan fingerprint density at radius 2 is 1.72 bits per heavy atom. The van der Waals surface area contributed by atoms with E-state index in [2.05, 4.69) is 10.2 Å². The van der Waals surface area contributed by atoms with E-state index >= 15 is 0 Å². The Balaban J connectivity index is 1.71. The Kier molecular flexibility index (Phi) is 4.58. The Morgan fingerprint density at radius 1 is 1.00 bits per heavy atom.